The van der Waals surface area contributed by atoms with Crippen LogP contribution in [-0.2, 0) is 19.5 Å². The normalized spacial score (nSPS) is 16.4. The summed E-state index contributed by atoms with van der Waals surface area (Å²) in [7, 11) is 0. The maximum absolute atomic E-state index is 12.4. The summed E-state index contributed by atoms with van der Waals surface area (Å²) in [6, 6.07) is 10.0. The van der Waals surface area contributed by atoms with Gasteiger partial charge in [-0.3, -0.25) is 4.79 Å². The number of benzene rings is 1. The highest BCUT2D eigenvalue weighted by atomic mass is 16.2. The molecule has 0 aliphatic carbocycles. The average molecular weight is 337 g/mol. The minimum Gasteiger partial charge on any atom is -0.346 e. The Bertz CT molecular complexity index is 884. The Morgan fingerprint density at radius 1 is 1.24 bits per heavy atom. The fraction of sp³-hybridized carbons (Fsp3) is 0.353. The van der Waals surface area contributed by atoms with E-state index in [-0.39, 0.29) is 11.9 Å². The van der Waals surface area contributed by atoms with Crippen LogP contribution in [0.3, 0.4) is 0 Å². The molecule has 1 aliphatic heterocycles. The first-order valence-electron chi connectivity index (χ1n) is 8.32. The van der Waals surface area contributed by atoms with Gasteiger partial charge in [-0.25, -0.2) is 4.68 Å². The van der Waals surface area contributed by atoms with E-state index in [1.54, 1.807) is 10.9 Å². The highest BCUT2D eigenvalue weighted by Gasteiger charge is 2.24. The number of amides is 1. The van der Waals surface area contributed by atoms with E-state index >= 15 is 0 Å². The second-order valence-corrected chi connectivity index (χ2v) is 6.27. The van der Waals surface area contributed by atoms with Crippen molar-refractivity contribution in [1.82, 2.24) is 35.1 Å². The van der Waals surface area contributed by atoms with Gasteiger partial charge < -0.3 is 9.88 Å². The van der Waals surface area contributed by atoms with Gasteiger partial charge in [0.25, 0.3) is 5.91 Å². The third-order valence-corrected chi connectivity index (χ3v) is 4.43. The molecule has 2 aromatic heterocycles. The lowest BCUT2D eigenvalue weighted by Crippen LogP contribution is -2.41. The fourth-order valence-corrected chi connectivity index (χ4v) is 3.09. The Morgan fingerprint density at radius 2 is 2.08 bits per heavy atom. The Balaban J connectivity index is 1.40. The lowest BCUT2D eigenvalue weighted by atomic mass is 10.1. The van der Waals surface area contributed by atoms with E-state index in [0.717, 1.165) is 30.1 Å². The van der Waals surface area contributed by atoms with Gasteiger partial charge in [-0.2, -0.15) is 0 Å². The van der Waals surface area contributed by atoms with Gasteiger partial charge in [0.2, 0.25) is 0 Å². The third-order valence-electron chi connectivity index (χ3n) is 4.43. The number of nitrogens with one attached hydrogen (secondary N) is 1. The van der Waals surface area contributed by atoms with Crippen molar-refractivity contribution in [2.24, 2.45) is 0 Å². The molecule has 0 saturated carbocycles. The van der Waals surface area contributed by atoms with Crippen molar-refractivity contribution in [3.8, 4) is 0 Å². The third kappa shape index (κ3) is 3.28. The van der Waals surface area contributed by atoms with Crippen molar-refractivity contribution in [2.45, 2.75) is 38.9 Å². The summed E-state index contributed by atoms with van der Waals surface area (Å²) >= 11 is 0. The van der Waals surface area contributed by atoms with Crippen LogP contribution in [0.15, 0.2) is 36.5 Å². The molecule has 1 amide bonds. The van der Waals surface area contributed by atoms with Crippen molar-refractivity contribution in [3.63, 3.8) is 0 Å². The van der Waals surface area contributed by atoms with Crippen molar-refractivity contribution in [3.05, 3.63) is 59.4 Å². The highest BCUT2D eigenvalue weighted by Crippen LogP contribution is 2.15. The van der Waals surface area contributed by atoms with Crippen LogP contribution in [0.1, 0.15) is 34.1 Å². The largest absolute Gasteiger partial charge is 0.346 e. The van der Waals surface area contributed by atoms with E-state index in [1.165, 1.54) is 0 Å². The number of hydrogen-bond acceptors (Lipinski definition) is 5. The van der Waals surface area contributed by atoms with E-state index < -0.39 is 0 Å². The minimum absolute atomic E-state index is 0.0500. The van der Waals surface area contributed by atoms with Crippen LogP contribution in [0.4, 0.5) is 0 Å². The van der Waals surface area contributed by atoms with Gasteiger partial charge in [0.05, 0.1) is 12.7 Å². The molecule has 4 rings (SSSR count). The number of nitrogens with zero attached hydrogens (tertiary/aromatic N) is 6. The number of aromatic nitrogens is 6. The highest BCUT2D eigenvalue weighted by molar-refractivity contribution is 5.92. The lowest BCUT2D eigenvalue weighted by Gasteiger charge is -2.24. The number of hydrogen-bond donors (Lipinski definition) is 1. The fourth-order valence-electron chi connectivity index (χ4n) is 3.09. The first kappa shape index (κ1) is 15.5. The van der Waals surface area contributed by atoms with Crippen LogP contribution in [0.25, 0.3) is 0 Å². The van der Waals surface area contributed by atoms with Crippen LogP contribution in [0, 0.1) is 6.92 Å². The SMILES string of the molecule is Cc1nnc2n1C[C@H](NC(=O)c1cn(Cc3ccccc3)nn1)CC2. The molecule has 0 radical (unpaired) electrons. The molecule has 0 bridgehead atoms. The standard InChI is InChI=1S/C17H19N7O/c1-12-19-21-16-8-7-14(10-24(12)16)18-17(25)15-11-23(22-20-15)9-13-5-3-2-4-6-13/h2-6,11,14H,7-10H2,1H3,(H,18,25)/t14-/m1/s1. The molecule has 8 heteroatoms. The maximum atomic E-state index is 12.4. The summed E-state index contributed by atoms with van der Waals surface area (Å²) in [6.07, 6.45) is 3.34. The second kappa shape index (κ2) is 6.46. The van der Waals surface area contributed by atoms with Crippen molar-refractivity contribution in [2.75, 3.05) is 0 Å². The first-order chi connectivity index (χ1) is 12.2. The summed E-state index contributed by atoms with van der Waals surface area (Å²) in [5.41, 5.74) is 1.45. The van der Waals surface area contributed by atoms with E-state index in [2.05, 4.69) is 30.4 Å². The Kier molecular flexibility index (Phi) is 4.01. The van der Waals surface area contributed by atoms with Crippen LogP contribution in [0.2, 0.25) is 0 Å². The van der Waals surface area contributed by atoms with Gasteiger partial charge >= 0.3 is 0 Å². The van der Waals surface area contributed by atoms with E-state index in [4.69, 9.17) is 0 Å². The number of carbonyl (C=O) groups is 1. The lowest BCUT2D eigenvalue weighted by molar-refractivity contribution is 0.0922. The molecule has 25 heavy (non-hydrogen) atoms. The molecule has 0 spiro atoms. The van der Waals surface area contributed by atoms with Gasteiger partial charge in [-0.1, -0.05) is 35.5 Å². The summed E-state index contributed by atoms with van der Waals surface area (Å²) in [5, 5.41) is 19.3. The van der Waals surface area contributed by atoms with Crippen molar-refractivity contribution in [1.29, 1.82) is 0 Å². The van der Waals surface area contributed by atoms with Gasteiger partial charge in [-0.05, 0) is 18.9 Å². The molecule has 0 unspecified atom stereocenters. The molecular weight excluding hydrogens is 318 g/mol. The van der Waals surface area contributed by atoms with Crippen molar-refractivity contribution >= 4 is 5.91 Å². The Hall–Kier alpha value is -3.03. The minimum atomic E-state index is -0.196. The van der Waals surface area contributed by atoms with E-state index in [0.29, 0.717) is 18.8 Å². The zero-order chi connectivity index (χ0) is 17.2. The predicted octanol–water partition coefficient (Wildman–Crippen LogP) is 0.971. The van der Waals surface area contributed by atoms with Gasteiger partial charge in [0, 0.05) is 19.0 Å². The molecule has 128 valence electrons. The molecule has 1 atom stereocenters. The summed E-state index contributed by atoms with van der Waals surface area (Å²) < 4.78 is 3.73. The Morgan fingerprint density at radius 3 is 2.92 bits per heavy atom. The smallest absolute Gasteiger partial charge is 0.273 e. The Labute approximate surface area is 144 Å². The zero-order valence-electron chi connectivity index (χ0n) is 14.0. The molecular formula is C17H19N7O. The van der Waals surface area contributed by atoms with E-state index in [9.17, 15) is 4.79 Å². The summed E-state index contributed by atoms with van der Waals surface area (Å²) in [4.78, 5) is 12.4. The molecule has 8 nitrogen and oxygen atoms in total. The van der Waals surface area contributed by atoms with Gasteiger partial charge in [-0.15, -0.1) is 15.3 Å². The molecule has 0 fully saturated rings. The van der Waals surface area contributed by atoms with Gasteiger partial charge in [0.1, 0.15) is 11.6 Å². The van der Waals surface area contributed by atoms with Crippen LogP contribution < -0.4 is 5.32 Å². The molecule has 0 saturated heterocycles. The van der Waals surface area contributed by atoms with E-state index in [1.807, 2.05) is 37.3 Å². The summed E-state index contributed by atoms with van der Waals surface area (Å²) in [6.45, 7) is 3.21. The molecule has 3 aromatic rings. The van der Waals surface area contributed by atoms with Gasteiger partial charge in [0.15, 0.2) is 5.69 Å². The molecule has 3 heterocycles. The van der Waals surface area contributed by atoms with Crippen molar-refractivity contribution < 1.29 is 4.79 Å². The van der Waals surface area contributed by atoms with Crippen LogP contribution in [-0.4, -0.2) is 41.7 Å². The van der Waals surface area contributed by atoms with Crippen LogP contribution >= 0.6 is 0 Å². The monoisotopic (exact) mass is 337 g/mol. The summed E-state index contributed by atoms with van der Waals surface area (Å²) in [5.74, 6) is 1.66. The molecule has 1 aromatic carbocycles. The number of aryl methyl sites for hydroxylation is 2. The van der Waals surface area contributed by atoms with Crippen LogP contribution in [0.5, 0.6) is 0 Å². The first-order valence-corrected chi connectivity index (χ1v) is 8.32. The topological polar surface area (TPSA) is 90.5 Å². The second-order valence-electron chi connectivity index (χ2n) is 6.27. The average Bonchev–Trinajstić information content (AvgIpc) is 3.23. The predicted molar refractivity (Wildman–Crippen MR) is 89.9 cm³/mol. The zero-order valence-corrected chi connectivity index (χ0v) is 14.0. The quantitative estimate of drug-likeness (QED) is 0.766. The molecule has 1 N–H and O–H groups in total. The number of carbonyl (C=O) groups excluding carboxylic acids is 1. The maximum Gasteiger partial charge on any atom is 0.273 e. The number of fused-ring (bicyclic) bond motifs is 1. The molecule has 1 aliphatic rings. The number of rotatable bonds is 4.